The Bertz CT molecular complexity index is 1430. The number of benzene rings is 1. The fourth-order valence-corrected chi connectivity index (χ4v) is 6.66. The number of nitrogens with zero attached hydrogens (tertiary/aromatic N) is 6. The lowest BCUT2D eigenvalue weighted by molar-refractivity contribution is -0.139. The summed E-state index contributed by atoms with van der Waals surface area (Å²) in [5.74, 6) is 0.895. The van der Waals surface area contributed by atoms with Crippen molar-refractivity contribution in [3.05, 3.63) is 59.4 Å². The number of hydrogen-bond donors (Lipinski definition) is 1. The Hall–Kier alpha value is -3.02. The molecule has 0 unspecified atom stereocenters. The first-order valence-electron chi connectivity index (χ1n) is 13.1. The molecule has 2 fully saturated rings. The molecule has 4 heterocycles. The third-order valence-electron chi connectivity index (χ3n) is 8.26. The minimum atomic E-state index is -3.32. The third kappa shape index (κ3) is 4.78. The zero-order chi connectivity index (χ0) is 27.2. The van der Waals surface area contributed by atoms with Gasteiger partial charge in [0.2, 0.25) is 15.9 Å². The molecule has 2 aromatic heterocycles. The number of sulfonamides is 1. The number of aromatic nitrogens is 3. The molecule has 2 saturated heterocycles. The van der Waals surface area contributed by atoms with E-state index in [0.717, 1.165) is 47.8 Å². The first kappa shape index (κ1) is 26.6. The second-order valence-corrected chi connectivity index (χ2v) is 12.8. The van der Waals surface area contributed by atoms with E-state index in [1.165, 1.54) is 10.6 Å². The zero-order valence-corrected chi connectivity index (χ0v) is 23.4. The predicted octanol–water partition coefficient (Wildman–Crippen LogP) is 2.09. The van der Waals surface area contributed by atoms with Gasteiger partial charge in [0.05, 0.1) is 23.4 Å². The van der Waals surface area contributed by atoms with E-state index in [9.17, 15) is 13.2 Å². The standard InChI is InChI=1S/C27H37N7O3S/c1-19-17-34-24(29-25(19)32-13-10-22(28)18-32)16-23(30-34)20(2)31(3)26(35)27(21-8-6-5-7-9-21)11-14-33(15-12-27)38(4,36)37/h5-9,16-17,20,22H,10-15,18,28H2,1-4H3/t20-,22-/m0/s1. The van der Waals surface area contributed by atoms with E-state index < -0.39 is 15.4 Å². The molecule has 38 heavy (non-hydrogen) atoms. The number of fused-ring (bicyclic) bond motifs is 1. The normalized spacial score (nSPS) is 21.1. The van der Waals surface area contributed by atoms with Gasteiger partial charge in [-0.25, -0.2) is 22.2 Å². The van der Waals surface area contributed by atoms with Crippen LogP contribution in [0.4, 0.5) is 5.82 Å². The van der Waals surface area contributed by atoms with E-state index in [0.29, 0.717) is 25.9 Å². The molecule has 204 valence electrons. The Kier molecular flexibility index (Phi) is 6.95. The van der Waals surface area contributed by atoms with Gasteiger partial charge in [-0.1, -0.05) is 30.3 Å². The van der Waals surface area contributed by atoms with E-state index in [1.807, 2.05) is 56.4 Å². The van der Waals surface area contributed by atoms with Gasteiger partial charge >= 0.3 is 0 Å². The van der Waals surface area contributed by atoms with Gasteiger partial charge in [-0.05, 0) is 38.7 Å². The fraction of sp³-hybridized carbons (Fsp3) is 0.519. The van der Waals surface area contributed by atoms with Crippen LogP contribution in [0, 0.1) is 6.92 Å². The highest BCUT2D eigenvalue weighted by molar-refractivity contribution is 7.88. The molecule has 0 radical (unpaired) electrons. The molecule has 11 heteroatoms. The number of anilines is 1. The third-order valence-corrected chi connectivity index (χ3v) is 9.56. The maximum atomic E-state index is 14.2. The number of carbonyl (C=O) groups is 1. The van der Waals surface area contributed by atoms with Crippen LogP contribution in [0.15, 0.2) is 42.6 Å². The monoisotopic (exact) mass is 539 g/mol. The molecule has 10 nitrogen and oxygen atoms in total. The molecular weight excluding hydrogens is 502 g/mol. The van der Waals surface area contributed by atoms with Crippen molar-refractivity contribution in [3.8, 4) is 0 Å². The molecule has 3 aromatic rings. The maximum Gasteiger partial charge on any atom is 0.233 e. The highest BCUT2D eigenvalue weighted by Gasteiger charge is 2.46. The lowest BCUT2D eigenvalue weighted by Crippen LogP contribution is -2.53. The summed E-state index contributed by atoms with van der Waals surface area (Å²) in [7, 11) is -1.51. The Balaban J connectivity index is 1.43. The Morgan fingerprint density at radius 2 is 1.87 bits per heavy atom. The van der Waals surface area contributed by atoms with Crippen LogP contribution in [0.1, 0.15) is 49.0 Å². The van der Waals surface area contributed by atoms with Crippen molar-refractivity contribution in [1.82, 2.24) is 23.8 Å². The maximum absolute atomic E-state index is 14.2. The van der Waals surface area contributed by atoms with Crippen molar-refractivity contribution in [2.75, 3.05) is 44.4 Å². The van der Waals surface area contributed by atoms with Crippen LogP contribution in [-0.4, -0.2) is 83.7 Å². The molecule has 0 aliphatic carbocycles. The number of rotatable bonds is 6. The molecule has 5 rings (SSSR count). The van der Waals surface area contributed by atoms with Crippen LogP contribution < -0.4 is 10.6 Å². The zero-order valence-electron chi connectivity index (χ0n) is 22.5. The first-order chi connectivity index (χ1) is 18.0. The Morgan fingerprint density at radius 1 is 1.18 bits per heavy atom. The van der Waals surface area contributed by atoms with E-state index >= 15 is 0 Å². The number of carbonyl (C=O) groups excluding carboxylic acids is 1. The Labute approximate surface area is 224 Å². The van der Waals surface area contributed by atoms with Crippen LogP contribution in [0.3, 0.4) is 0 Å². The summed E-state index contributed by atoms with van der Waals surface area (Å²) in [6, 6.07) is 11.5. The van der Waals surface area contributed by atoms with Gasteiger partial charge in [0.15, 0.2) is 5.65 Å². The van der Waals surface area contributed by atoms with E-state index in [-0.39, 0.29) is 18.0 Å². The number of amides is 1. The second kappa shape index (κ2) is 9.94. The summed E-state index contributed by atoms with van der Waals surface area (Å²) in [5, 5.41) is 4.77. The van der Waals surface area contributed by atoms with Crippen LogP contribution >= 0.6 is 0 Å². The van der Waals surface area contributed by atoms with Crippen molar-refractivity contribution in [2.45, 2.75) is 50.6 Å². The van der Waals surface area contributed by atoms with Crippen LogP contribution in [0.25, 0.3) is 5.65 Å². The number of hydrogen-bond acceptors (Lipinski definition) is 7. The van der Waals surface area contributed by atoms with Gasteiger partial charge in [-0.15, -0.1) is 0 Å². The quantitative estimate of drug-likeness (QED) is 0.510. The number of likely N-dealkylation sites (N-methyl/N-ethyl adjacent to an activating group) is 1. The van der Waals surface area contributed by atoms with E-state index in [2.05, 4.69) is 4.90 Å². The molecule has 2 N–H and O–H groups in total. The summed E-state index contributed by atoms with van der Waals surface area (Å²) < 4.78 is 27.6. The SMILES string of the molecule is Cc1cn2nc([C@H](C)N(C)C(=O)C3(c4ccccc4)CCN(S(C)(=O)=O)CC3)cc2nc1N1CC[C@H](N)C1. The molecule has 0 spiro atoms. The number of aryl methyl sites for hydroxylation is 1. The molecular formula is C27H37N7O3S. The van der Waals surface area contributed by atoms with Gasteiger partial charge in [-0.3, -0.25) is 4.79 Å². The van der Waals surface area contributed by atoms with Gasteiger partial charge in [0, 0.05) is 57.1 Å². The van der Waals surface area contributed by atoms with Gasteiger partial charge in [-0.2, -0.15) is 5.10 Å². The van der Waals surface area contributed by atoms with Crippen LogP contribution in [-0.2, 0) is 20.2 Å². The molecule has 2 aliphatic heterocycles. The van der Waals surface area contributed by atoms with E-state index in [4.69, 9.17) is 15.8 Å². The number of nitrogens with two attached hydrogens (primary N) is 1. The molecule has 0 saturated carbocycles. The van der Waals surface area contributed by atoms with Crippen molar-refractivity contribution in [2.24, 2.45) is 5.73 Å². The lowest BCUT2D eigenvalue weighted by Gasteiger charge is -2.43. The molecule has 0 bridgehead atoms. The first-order valence-corrected chi connectivity index (χ1v) is 15.0. The summed E-state index contributed by atoms with van der Waals surface area (Å²) in [6.45, 7) is 6.29. The van der Waals surface area contributed by atoms with Crippen molar-refractivity contribution in [3.63, 3.8) is 0 Å². The van der Waals surface area contributed by atoms with Crippen molar-refractivity contribution >= 4 is 27.4 Å². The summed E-state index contributed by atoms with van der Waals surface area (Å²) in [4.78, 5) is 23.1. The smallest absolute Gasteiger partial charge is 0.233 e. The molecule has 1 aromatic carbocycles. The van der Waals surface area contributed by atoms with Gasteiger partial charge < -0.3 is 15.5 Å². The van der Waals surface area contributed by atoms with E-state index in [1.54, 1.807) is 16.5 Å². The highest BCUT2D eigenvalue weighted by atomic mass is 32.2. The number of piperidine rings is 1. The largest absolute Gasteiger partial charge is 0.355 e. The predicted molar refractivity (Wildman–Crippen MR) is 147 cm³/mol. The molecule has 2 atom stereocenters. The van der Waals surface area contributed by atoms with Crippen LogP contribution in [0.2, 0.25) is 0 Å². The highest BCUT2D eigenvalue weighted by Crippen LogP contribution is 2.39. The average Bonchev–Trinajstić information content (AvgIpc) is 3.52. The van der Waals surface area contributed by atoms with Crippen molar-refractivity contribution < 1.29 is 13.2 Å². The second-order valence-electron chi connectivity index (χ2n) is 10.8. The summed E-state index contributed by atoms with van der Waals surface area (Å²) in [5.41, 5.74) is 8.73. The van der Waals surface area contributed by atoms with Gasteiger partial charge in [0.1, 0.15) is 5.82 Å². The van der Waals surface area contributed by atoms with Crippen molar-refractivity contribution in [1.29, 1.82) is 0 Å². The fourth-order valence-electron chi connectivity index (χ4n) is 5.82. The topological polar surface area (TPSA) is 117 Å². The summed E-state index contributed by atoms with van der Waals surface area (Å²) >= 11 is 0. The lowest BCUT2D eigenvalue weighted by atomic mass is 9.72. The van der Waals surface area contributed by atoms with Gasteiger partial charge in [0.25, 0.3) is 0 Å². The summed E-state index contributed by atoms with van der Waals surface area (Å²) in [6.07, 6.45) is 5.00. The molecule has 1 amide bonds. The van der Waals surface area contributed by atoms with Crippen LogP contribution in [0.5, 0.6) is 0 Å². The molecule has 2 aliphatic rings. The minimum Gasteiger partial charge on any atom is -0.355 e. The Morgan fingerprint density at radius 3 is 2.47 bits per heavy atom. The minimum absolute atomic E-state index is 0.0303. The average molecular weight is 540 g/mol.